The second-order valence-electron chi connectivity index (χ2n) is 7.68. The average molecular weight is 497 g/mol. The predicted molar refractivity (Wildman–Crippen MR) is 136 cm³/mol. The number of fused-ring (bicyclic) bond motifs is 2. The fourth-order valence-electron chi connectivity index (χ4n) is 3.50. The average Bonchev–Trinajstić information content (AvgIpc) is 3.52. The first-order valence-corrected chi connectivity index (χ1v) is 13.2. The molecule has 0 spiro atoms. The molecule has 0 aromatic carbocycles. The molecule has 2 N–H and O–H groups in total. The Hall–Kier alpha value is -3.02. The second-order valence-corrected chi connectivity index (χ2v) is 10.5. The smallest absolute Gasteiger partial charge is 0.260 e. The van der Waals surface area contributed by atoms with E-state index in [0.29, 0.717) is 27.5 Å². The van der Waals surface area contributed by atoms with Gasteiger partial charge in [0.15, 0.2) is 5.65 Å². The number of pyridine rings is 1. The van der Waals surface area contributed by atoms with Crippen molar-refractivity contribution in [1.82, 2.24) is 24.7 Å². The van der Waals surface area contributed by atoms with Gasteiger partial charge in [0, 0.05) is 27.2 Å². The van der Waals surface area contributed by atoms with Crippen LogP contribution in [0.25, 0.3) is 31.7 Å². The van der Waals surface area contributed by atoms with E-state index in [9.17, 15) is 9.59 Å². The summed E-state index contributed by atoms with van der Waals surface area (Å²) in [5, 5.41) is 12.7. The number of nitrogens with zero attached hydrogens (tertiary/aromatic N) is 4. The maximum absolute atomic E-state index is 12.7. The third-order valence-corrected chi connectivity index (χ3v) is 7.68. The van der Waals surface area contributed by atoms with Crippen molar-refractivity contribution in [1.29, 1.82) is 0 Å². The summed E-state index contributed by atoms with van der Waals surface area (Å²) in [7, 11) is 0. The lowest BCUT2D eigenvalue weighted by atomic mass is 10.2. The van der Waals surface area contributed by atoms with Crippen molar-refractivity contribution >= 4 is 67.3 Å². The summed E-state index contributed by atoms with van der Waals surface area (Å²) >= 11 is 4.45. The van der Waals surface area contributed by atoms with Crippen LogP contribution in [0.1, 0.15) is 25.7 Å². The largest absolute Gasteiger partial charge is 0.324 e. The van der Waals surface area contributed by atoms with Crippen molar-refractivity contribution in [2.24, 2.45) is 0 Å². The van der Waals surface area contributed by atoms with E-state index in [2.05, 4.69) is 25.4 Å². The monoisotopic (exact) mass is 496 g/mol. The molecule has 168 valence electrons. The lowest BCUT2D eigenvalue weighted by molar-refractivity contribution is -0.113. The van der Waals surface area contributed by atoms with Gasteiger partial charge in [0.2, 0.25) is 5.91 Å². The van der Waals surface area contributed by atoms with Gasteiger partial charge in [0.1, 0.15) is 10.7 Å². The summed E-state index contributed by atoms with van der Waals surface area (Å²) < 4.78 is 1.85. The van der Waals surface area contributed by atoms with E-state index >= 15 is 0 Å². The number of hydrogen-bond donors (Lipinski definition) is 2. The molecule has 0 aliphatic rings. The zero-order valence-electron chi connectivity index (χ0n) is 17.9. The van der Waals surface area contributed by atoms with Crippen molar-refractivity contribution in [3.8, 4) is 10.4 Å². The molecule has 0 atom stereocenters. The number of rotatable bonds is 7. The van der Waals surface area contributed by atoms with Gasteiger partial charge in [0.05, 0.1) is 35.0 Å². The van der Waals surface area contributed by atoms with Gasteiger partial charge in [-0.1, -0.05) is 6.07 Å². The zero-order chi connectivity index (χ0) is 22.9. The fraction of sp³-hybridized carbons (Fsp3) is 0.227. The Kier molecular flexibility index (Phi) is 6.00. The molecule has 0 aliphatic heterocycles. The van der Waals surface area contributed by atoms with Crippen molar-refractivity contribution in [3.63, 3.8) is 0 Å². The third-order valence-electron chi connectivity index (χ3n) is 4.96. The molecule has 0 radical (unpaired) electrons. The van der Waals surface area contributed by atoms with Crippen LogP contribution < -0.4 is 10.9 Å². The Morgan fingerprint density at radius 3 is 2.97 bits per heavy atom. The molecule has 0 unspecified atom stereocenters. The first-order valence-electron chi connectivity index (χ1n) is 10.2. The Bertz CT molecular complexity index is 1500. The number of thiophene rings is 2. The molecule has 1 amide bonds. The van der Waals surface area contributed by atoms with Crippen LogP contribution >= 0.6 is 34.4 Å². The summed E-state index contributed by atoms with van der Waals surface area (Å²) in [6, 6.07) is 6.04. The van der Waals surface area contributed by atoms with Gasteiger partial charge in [-0.3, -0.25) is 9.59 Å². The molecule has 5 aromatic heterocycles. The molecule has 11 heteroatoms. The van der Waals surface area contributed by atoms with Crippen LogP contribution in [0.2, 0.25) is 0 Å². The van der Waals surface area contributed by atoms with Crippen molar-refractivity contribution in [3.05, 3.63) is 57.5 Å². The first kappa shape index (κ1) is 21.8. The Balaban J connectivity index is 1.22. The SMILES string of the molecule is CC(C)n1ncc2cc(NC(=O)CSCc3nc4scc(-c5cccs5)c4c(=O)[nH]3)cnc21. The Labute approximate surface area is 201 Å². The molecule has 0 saturated heterocycles. The van der Waals surface area contributed by atoms with E-state index in [1.165, 1.54) is 23.1 Å². The number of H-pyrrole nitrogens is 1. The first-order chi connectivity index (χ1) is 16.0. The van der Waals surface area contributed by atoms with Crippen LogP contribution in [0, 0.1) is 0 Å². The molecule has 5 aromatic rings. The van der Waals surface area contributed by atoms with Gasteiger partial charge in [-0.2, -0.15) is 5.10 Å². The number of aromatic amines is 1. The molecule has 0 bridgehead atoms. The third kappa shape index (κ3) is 4.43. The second kappa shape index (κ2) is 9.08. The number of aromatic nitrogens is 5. The molecular weight excluding hydrogens is 476 g/mol. The van der Waals surface area contributed by atoms with E-state index in [-0.39, 0.29) is 23.3 Å². The minimum Gasteiger partial charge on any atom is -0.324 e. The molecule has 0 aliphatic carbocycles. The van der Waals surface area contributed by atoms with Gasteiger partial charge in [-0.05, 0) is 31.4 Å². The Morgan fingerprint density at radius 2 is 2.18 bits per heavy atom. The predicted octanol–water partition coefficient (Wildman–Crippen LogP) is 4.91. The maximum Gasteiger partial charge on any atom is 0.260 e. The van der Waals surface area contributed by atoms with Gasteiger partial charge in [-0.15, -0.1) is 34.4 Å². The van der Waals surface area contributed by atoms with Crippen LogP contribution in [0.15, 0.2) is 46.1 Å². The van der Waals surface area contributed by atoms with E-state index in [0.717, 1.165) is 21.5 Å². The molecule has 5 heterocycles. The standard InChI is InChI=1S/C22H20N6O2S3/c1-12(2)28-20-13(7-24-28)6-14(8-23-20)25-18(29)11-31-10-17-26-21(30)19-15(9-33-22(19)27-17)16-4-3-5-32-16/h3-9,12H,10-11H2,1-2H3,(H,25,29)(H,26,27,30). The summed E-state index contributed by atoms with van der Waals surface area (Å²) in [6.07, 6.45) is 3.39. The van der Waals surface area contributed by atoms with Crippen molar-refractivity contribution < 1.29 is 4.79 Å². The molecule has 0 saturated carbocycles. The van der Waals surface area contributed by atoms with Crippen LogP contribution in [-0.4, -0.2) is 36.4 Å². The Morgan fingerprint density at radius 1 is 1.30 bits per heavy atom. The van der Waals surface area contributed by atoms with E-state index in [1.54, 1.807) is 23.7 Å². The zero-order valence-corrected chi connectivity index (χ0v) is 20.3. The minimum atomic E-state index is -0.147. The highest BCUT2D eigenvalue weighted by molar-refractivity contribution is 7.99. The number of amides is 1. The van der Waals surface area contributed by atoms with E-state index in [4.69, 9.17) is 0 Å². The number of carbonyl (C=O) groups excluding carboxylic acids is 1. The molecule has 8 nitrogen and oxygen atoms in total. The van der Waals surface area contributed by atoms with Gasteiger partial charge >= 0.3 is 0 Å². The van der Waals surface area contributed by atoms with E-state index in [1.807, 2.05) is 47.5 Å². The number of carbonyl (C=O) groups is 1. The van der Waals surface area contributed by atoms with Gasteiger partial charge in [-0.25, -0.2) is 14.6 Å². The van der Waals surface area contributed by atoms with Gasteiger partial charge in [0.25, 0.3) is 5.56 Å². The van der Waals surface area contributed by atoms with Crippen molar-refractivity contribution in [2.75, 3.05) is 11.1 Å². The highest BCUT2D eigenvalue weighted by Crippen LogP contribution is 2.33. The molecule has 33 heavy (non-hydrogen) atoms. The number of thioether (sulfide) groups is 1. The summed E-state index contributed by atoms with van der Waals surface area (Å²) in [4.78, 5) is 38.7. The maximum atomic E-state index is 12.7. The molecular formula is C22H20N6O2S3. The summed E-state index contributed by atoms with van der Waals surface area (Å²) in [5.41, 5.74) is 2.19. The normalized spacial score (nSPS) is 11.6. The van der Waals surface area contributed by atoms with E-state index < -0.39 is 0 Å². The number of nitrogens with one attached hydrogen (secondary N) is 2. The van der Waals surface area contributed by atoms with Crippen molar-refractivity contribution in [2.45, 2.75) is 25.6 Å². The summed E-state index contributed by atoms with van der Waals surface area (Å²) in [5.74, 6) is 1.09. The minimum absolute atomic E-state index is 0.142. The van der Waals surface area contributed by atoms with Crippen LogP contribution in [0.4, 0.5) is 5.69 Å². The highest BCUT2D eigenvalue weighted by atomic mass is 32.2. The lowest BCUT2D eigenvalue weighted by Gasteiger charge is -2.07. The quantitative estimate of drug-likeness (QED) is 0.332. The van der Waals surface area contributed by atoms with Crippen LogP contribution in [0.3, 0.4) is 0 Å². The highest BCUT2D eigenvalue weighted by Gasteiger charge is 2.14. The van der Waals surface area contributed by atoms with Crippen LogP contribution in [0.5, 0.6) is 0 Å². The summed E-state index contributed by atoms with van der Waals surface area (Å²) in [6.45, 7) is 4.09. The van der Waals surface area contributed by atoms with Crippen LogP contribution in [-0.2, 0) is 10.5 Å². The topological polar surface area (TPSA) is 106 Å². The number of hydrogen-bond acceptors (Lipinski definition) is 8. The van der Waals surface area contributed by atoms with Gasteiger partial charge < -0.3 is 10.3 Å². The number of anilines is 1. The lowest BCUT2D eigenvalue weighted by Crippen LogP contribution is -2.15. The molecule has 0 fully saturated rings. The fourth-order valence-corrected chi connectivity index (χ4v) is 5.97. The molecule has 5 rings (SSSR count).